The van der Waals surface area contributed by atoms with Crippen molar-refractivity contribution >= 4 is 0 Å². The van der Waals surface area contributed by atoms with Crippen molar-refractivity contribution in [3.05, 3.63) is 95.6 Å². The molecule has 0 radical (unpaired) electrons. The van der Waals surface area contributed by atoms with Crippen LogP contribution in [0.5, 0.6) is 0 Å². The molecule has 0 aromatic heterocycles. The van der Waals surface area contributed by atoms with E-state index in [2.05, 4.69) is 106 Å². The van der Waals surface area contributed by atoms with Crippen molar-refractivity contribution in [2.45, 2.75) is 35.8 Å². The Labute approximate surface area is 188 Å². The molecule has 2 aromatic carbocycles. The maximum absolute atomic E-state index is 2.49. The van der Waals surface area contributed by atoms with Gasteiger partial charge in [-0.05, 0) is 0 Å². The molecule has 0 bridgehead atoms. The summed E-state index contributed by atoms with van der Waals surface area (Å²) in [5, 5.41) is 0. The van der Waals surface area contributed by atoms with Crippen molar-refractivity contribution < 1.29 is 57.7 Å². The third-order valence-corrected chi connectivity index (χ3v) is 5.50. The molecule has 0 heterocycles. The Morgan fingerprint density at radius 2 is 1.35 bits per heavy atom. The van der Waals surface area contributed by atoms with E-state index in [-0.39, 0.29) is 40.9 Å². The van der Waals surface area contributed by atoms with E-state index in [1.165, 1.54) is 36.0 Å². The first kappa shape index (κ1) is 25.5. The first-order valence-electron chi connectivity index (χ1n) is 8.49. The van der Waals surface area contributed by atoms with Gasteiger partial charge in [0.15, 0.2) is 0 Å². The molecule has 1 unspecified atom stereocenters. The Hall–Kier alpha value is -0.496. The third kappa shape index (κ3) is 6.01. The Bertz CT molecular complexity index is 658. The zero-order valence-electron chi connectivity index (χ0n) is 14.8. The number of benzene rings is 2. The van der Waals surface area contributed by atoms with Gasteiger partial charge >= 0.3 is 152 Å². The van der Waals surface area contributed by atoms with Gasteiger partial charge in [0.25, 0.3) is 0 Å². The number of halogens is 3. The minimum absolute atomic E-state index is 0. The second kappa shape index (κ2) is 12.1. The predicted molar refractivity (Wildman–Crippen MR) is 94.2 cm³/mol. The molecule has 3 rings (SSSR count). The first-order valence-corrected chi connectivity index (χ1v) is 9.27. The predicted octanol–water partition coefficient (Wildman–Crippen LogP) is -2.78. The van der Waals surface area contributed by atoms with Crippen molar-refractivity contribution in [2.75, 3.05) is 0 Å². The fraction of sp³-hybridized carbons (Fsp3) is 0.273. The van der Waals surface area contributed by atoms with Gasteiger partial charge in [0.2, 0.25) is 0 Å². The van der Waals surface area contributed by atoms with Gasteiger partial charge in [0.1, 0.15) is 0 Å². The van der Waals surface area contributed by atoms with Crippen LogP contribution in [0.4, 0.5) is 0 Å². The molecule has 1 aliphatic carbocycles. The van der Waals surface area contributed by atoms with Crippen molar-refractivity contribution in [1.29, 1.82) is 0 Å². The van der Waals surface area contributed by atoms with Crippen LogP contribution in [0.3, 0.4) is 0 Å². The van der Waals surface area contributed by atoms with E-state index < -0.39 is 0 Å². The van der Waals surface area contributed by atoms with Gasteiger partial charge in [-0.3, -0.25) is 0 Å². The summed E-state index contributed by atoms with van der Waals surface area (Å²) < 4.78 is 0.0474. The van der Waals surface area contributed by atoms with Crippen LogP contribution in [0.1, 0.15) is 43.2 Å². The standard InChI is InChI=1S/C22H23.3ClH.Ti/c1-2-3-10-18-15-16-21(17-18)22(19-11-6-4-7-12-19)20-13-8-5-9-14-20;;;;/h4-9,11-17,22H,2-3,10H2,1H3;3*1H;/q;;;;+3/p-3. The molecular weight excluding hydrogens is 418 g/mol. The van der Waals surface area contributed by atoms with E-state index in [1.807, 2.05) is 0 Å². The van der Waals surface area contributed by atoms with E-state index in [1.54, 1.807) is 0 Å². The molecule has 26 heavy (non-hydrogen) atoms. The normalized spacial score (nSPS) is 17.8. The summed E-state index contributed by atoms with van der Waals surface area (Å²) >= 11 is 2.37. The van der Waals surface area contributed by atoms with Crippen LogP contribution in [0.15, 0.2) is 84.5 Å². The summed E-state index contributed by atoms with van der Waals surface area (Å²) in [6.07, 6.45) is 11.0. The van der Waals surface area contributed by atoms with Crippen LogP contribution in [-0.4, -0.2) is 0 Å². The molecule has 2 aromatic rings. The van der Waals surface area contributed by atoms with Crippen molar-refractivity contribution in [3.8, 4) is 0 Å². The van der Waals surface area contributed by atoms with Crippen LogP contribution in [0, 0.1) is 0 Å². The molecule has 0 amide bonds. The van der Waals surface area contributed by atoms with E-state index in [0.717, 1.165) is 0 Å². The zero-order valence-corrected chi connectivity index (χ0v) is 18.7. The molecule has 0 saturated carbocycles. The number of unbranched alkanes of at least 4 members (excludes halogenated alkanes) is 1. The van der Waals surface area contributed by atoms with E-state index in [0.29, 0.717) is 5.92 Å². The van der Waals surface area contributed by atoms with E-state index in [9.17, 15) is 0 Å². The molecule has 0 aliphatic heterocycles. The SMILES string of the molecule is CCCCC1=C[C]([Ti+3])(C(c2ccccc2)c2ccccc2)C=C1.[Cl-].[Cl-].[Cl-]. The largest absolute Gasteiger partial charge is 1.00 e. The average Bonchev–Trinajstić information content (AvgIpc) is 2.97. The number of hydrogen-bond donors (Lipinski definition) is 0. The minimum Gasteiger partial charge on any atom is -1.00 e. The number of rotatable bonds is 6. The summed E-state index contributed by atoms with van der Waals surface area (Å²) in [5.41, 5.74) is 4.27. The molecule has 0 nitrogen and oxygen atoms in total. The fourth-order valence-electron chi connectivity index (χ4n) is 3.40. The number of hydrogen-bond acceptors (Lipinski definition) is 0. The van der Waals surface area contributed by atoms with Gasteiger partial charge in [-0.2, -0.15) is 0 Å². The fourth-order valence-corrected chi connectivity index (χ4v) is 4.34. The van der Waals surface area contributed by atoms with Gasteiger partial charge in [-0.1, -0.05) is 0 Å². The molecule has 1 atom stereocenters. The van der Waals surface area contributed by atoms with Crippen LogP contribution in [-0.2, 0) is 20.4 Å². The minimum atomic E-state index is 0. The number of allylic oxidation sites excluding steroid dienone is 4. The molecule has 136 valence electrons. The zero-order chi connectivity index (χ0) is 16.1. The maximum atomic E-state index is 2.49. The van der Waals surface area contributed by atoms with Gasteiger partial charge in [0, 0.05) is 0 Å². The summed E-state index contributed by atoms with van der Waals surface area (Å²) in [7, 11) is 0. The molecule has 4 heteroatoms. The maximum Gasteiger partial charge on any atom is -1.00 e. The second-order valence-electron chi connectivity index (χ2n) is 6.34. The summed E-state index contributed by atoms with van der Waals surface area (Å²) in [6.45, 7) is 2.26. The quantitative estimate of drug-likeness (QED) is 0.426. The molecular formula is C22H23Cl3Ti. The second-order valence-corrected chi connectivity index (χ2v) is 7.70. The Morgan fingerprint density at radius 1 is 0.846 bits per heavy atom. The molecule has 0 spiro atoms. The van der Waals surface area contributed by atoms with Crippen LogP contribution >= 0.6 is 0 Å². The van der Waals surface area contributed by atoms with E-state index in [4.69, 9.17) is 0 Å². The average molecular weight is 442 g/mol. The van der Waals surface area contributed by atoms with Gasteiger partial charge < -0.3 is 37.2 Å². The van der Waals surface area contributed by atoms with Crippen molar-refractivity contribution in [1.82, 2.24) is 0 Å². The van der Waals surface area contributed by atoms with Gasteiger partial charge in [0.05, 0.1) is 0 Å². The monoisotopic (exact) mass is 440 g/mol. The van der Waals surface area contributed by atoms with Crippen LogP contribution < -0.4 is 37.2 Å². The van der Waals surface area contributed by atoms with Gasteiger partial charge in [-0.15, -0.1) is 0 Å². The van der Waals surface area contributed by atoms with Crippen LogP contribution in [0.2, 0.25) is 3.72 Å². The summed E-state index contributed by atoms with van der Waals surface area (Å²) in [5.74, 6) is 0.361. The smallest absolute Gasteiger partial charge is 1.00 e. The summed E-state index contributed by atoms with van der Waals surface area (Å²) in [6, 6.07) is 21.8. The summed E-state index contributed by atoms with van der Waals surface area (Å²) in [4.78, 5) is 0. The van der Waals surface area contributed by atoms with Crippen LogP contribution in [0.25, 0.3) is 0 Å². The van der Waals surface area contributed by atoms with E-state index >= 15 is 0 Å². The topological polar surface area (TPSA) is 0 Å². The van der Waals surface area contributed by atoms with Gasteiger partial charge in [-0.25, -0.2) is 0 Å². The molecule has 1 aliphatic rings. The first-order chi connectivity index (χ1) is 11.2. The Balaban J connectivity index is 0.00000208. The third-order valence-electron chi connectivity index (χ3n) is 4.56. The molecule has 0 fully saturated rings. The Morgan fingerprint density at radius 3 is 1.81 bits per heavy atom. The molecule has 0 N–H and O–H groups in total. The van der Waals surface area contributed by atoms with Crippen molar-refractivity contribution in [2.24, 2.45) is 0 Å². The molecule has 0 saturated heterocycles. The Kier molecular flexibility index (Phi) is 11.8. The van der Waals surface area contributed by atoms with Crippen molar-refractivity contribution in [3.63, 3.8) is 0 Å².